The molecular formula is C22H31N5O. The molecule has 3 fully saturated rings. The van der Waals surface area contributed by atoms with Crippen molar-refractivity contribution in [3.63, 3.8) is 0 Å². The summed E-state index contributed by atoms with van der Waals surface area (Å²) in [5.74, 6) is 0.722. The number of rotatable bonds is 7. The predicted octanol–water partition coefficient (Wildman–Crippen LogP) is 1.31. The van der Waals surface area contributed by atoms with Crippen molar-refractivity contribution in [3.8, 4) is 6.07 Å². The second-order valence-electron chi connectivity index (χ2n) is 8.66. The topological polar surface area (TPSA) is 71.4 Å². The fourth-order valence-corrected chi connectivity index (χ4v) is 5.02. The Morgan fingerprint density at radius 3 is 2.61 bits per heavy atom. The minimum Gasteiger partial charge on any atom is -0.358 e. The lowest BCUT2D eigenvalue weighted by Gasteiger charge is -2.56. The Morgan fingerprint density at radius 1 is 1.25 bits per heavy atom. The van der Waals surface area contributed by atoms with Crippen LogP contribution in [0.25, 0.3) is 0 Å². The molecule has 0 radical (unpaired) electrons. The highest BCUT2D eigenvalue weighted by Crippen LogP contribution is 2.41. The molecule has 150 valence electrons. The van der Waals surface area contributed by atoms with Crippen molar-refractivity contribution in [3.05, 3.63) is 35.9 Å². The normalized spacial score (nSPS) is 27.6. The molecule has 4 rings (SSSR count). The summed E-state index contributed by atoms with van der Waals surface area (Å²) >= 11 is 0. The molecule has 2 atom stereocenters. The number of carbonyl (C=O) groups excluding carboxylic acids is 1. The van der Waals surface area contributed by atoms with Crippen LogP contribution in [0.1, 0.15) is 37.2 Å². The molecule has 0 spiro atoms. The fourth-order valence-electron chi connectivity index (χ4n) is 5.02. The lowest BCUT2D eigenvalue weighted by molar-refractivity contribution is -0.127. The largest absolute Gasteiger partial charge is 0.358 e. The number of likely N-dealkylation sites (tertiary alicyclic amines) is 2. The lowest BCUT2D eigenvalue weighted by atomic mass is 9.82. The molecule has 6 nitrogen and oxygen atoms in total. The van der Waals surface area contributed by atoms with Gasteiger partial charge in [-0.05, 0) is 24.8 Å². The summed E-state index contributed by atoms with van der Waals surface area (Å²) in [5, 5.41) is 15.9. The van der Waals surface area contributed by atoms with E-state index in [1.165, 1.54) is 12.0 Å². The molecule has 0 bridgehead atoms. The highest BCUT2D eigenvalue weighted by molar-refractivity contribution is 5.77. The van der Waals surface area contributed by atoms with Crippen molar-refractivity contribution >= 4 is 5.91 Å². The number of benzene rings is 1. The summed E-state index contributed by atoms with van der Waals surface area (Å²) in [6.45, 7) is 4.16. The van der Waals surface area contributed by atoms with Crippen molar-refractivity contribution < 1.29 is 4.79 Å². The maximum atomic E-state index is 11.6. The minimum atomic E-state index is -0.0557. The van der Waals surface area contributed by atoms with Crippen LogP contribution in [0.3, 0.4) is 0 Å². The Hall–Kier alpha value is -1.94. The van der Waals surface area contributed by atoms with Crippen LogP contribution in [0, 0.1) is 11.3 Å². The number of amides is 1. The average Bonchev–Trinajstić information content (AvgIpc) is 3.46. The molecule has 6 heteroatoms. The highest BCUT2D eigenvalue weighted by atomic mass is 16.1. The molecule has 1 amide bonds. The first kappa shape index (κ1) is 19.4. The van der Waals surface area contributed by atoms with Gasteiger partial charge in [0.1, 0.15) is 0 Å². The SMILES string of the molecule is CNC(=O)CN1CC(CC#N)(N2CCC(N[C@@H]3C[C@H]3c3ccccc3)CC2)C1. The Kier molecular flexibility index (Phi) is 5.68. The molecule has 2 heterocycles. The van der Waals surface area contributed by atoms with Gasteiger partial charge >= 0.3 is 0 Å². The summed E-state index contributed by atoms with van der Waals surface area (Å²) in [4.78, 5) is 16.3. The molecule has 0 unspecified atom stereocenters. The molecule has 2 saturated heterocycles. The van der Waals surface area contributed by atoms with Crippen molar-refractivity contribution in [1.29, 1.82) is 5.26 Å². The van der Waals surface area contributed by atoms with Gasteiger partial charge in [0.25, 0.3) is 0 Å². The number of carbonyl (C=O) groups is 1. The van der Waals surface area contributed by atoms with E-state index in [2.05, 4.69) is 56.8 Å². The quantitative estimate of drug-likeness (QED) is 0.745. The molecule has 2 N–H and O–H groups in total. The smallest absolute Gasteiger partial charge is 0.233 e. The van der Waals surface area contributed by atoms with Gasteiger partial charge in [-0.2, -0.15) is 5.26 Å². The van der Waals surface area contributed by atoms with Gasteiger partial charge in [0, 0.05) is 51.2 Å². The van der Waals surface area contributed by atoms with E-state index in [0.29, 0.717) is 31.0 Å². The standard InChI is InChI=1S/C22H31N5O/c1-24-21(28)14-26-15-22(16-26,9-10-23)27-11-7-18(8-12-27)25-20-13-19(20)17-5-3-2-4-6-17/h2-6,18-20,25H,7-9,11-16H2,1H3,(H,24,28)/t19-,20+/m0/s1. The second-order valence-corrected chi connectivity index (χ2v) is 8.66. The number of nitrogens with zero attached hydrogens (tertiary/aromatic N) is 3. The number of nitriles is 1. The first-order valence-electron chi connectivity index (χ1n) is 10.5. The van der Waals surface area contributed by atoms with E-state index in [-0.39, 0.29) is 11.4 Å². The zero-order chi connectivity index (χ0) is 19.6. The molecule has 1 aromatic carbocycles. The monoisotopic (exact) mass is 381 g/mol. The lowest BCUT2D eigenvalue weighted by Crippen LogP contribution is -2.72. The van der Waals surface area contributed by atoms with E-state index in [4.69, 9.17) is 0 Å². The second kappa shape index (κ2) is 8.20. The first-order chi connectivity index (χ1) is 13.6. The molecule has 1 aliphatic carbocycles. The fraction of sp³-hybridized carbons (Fsp3) is 0.636. The number of piperidine rings is 1. The van der Waals surface area contributed by atoms with E-state index < -0.39 is 0 Å². The number of nitrogens with one attached hydrogen (secondary N) is 2. The maximum Gasteiger partial charge on any atom is 0.233 e. The number of hydrogen-bond acceptors (Lipinski definition) is 5. The van der Waals surface area contributed by atoms with Crippen molar-refractivity contribution in [2.45, 2.75) is 49.2 Å². The van der Waals surface area contributed by atoms with Gasteiger partial charge < -0.3 is 10.6 Å². The predicted molar refractivity (Wildman–Crippen MR) is 109 cm³/mol. The van der Waals surface area contributed by atoms with Gasteiger partial charge in [-0.15, -0.1) is 0 Å². The van der Waals surface area contributed by atoms with Gasteiger partial charge in [0.15, 0.2) is 0 Å². The van der Waals surface area contributed by atoms with E-state index in [0.717, 1.165) is 39.0 Å². The van der Waals surface area contributed by atoms with Crippen LogP contribution in [0.2, 0.25) is 0 Å². The van der Waals surface area contributed by atoms with Gasteiger partial charge in [-0.3, -0.25) is 14.6 Å². The number of hydrogen-bond donors (Lipinski definition) is 2. The average molecular weight is 382 g/mol. The summed E-state index contributed by atoms with van der Waals surface area (Å²) in [7, 11) is 1.67. The van der Waals surface area contributed by atoms with Gasteiger partial charge in [-0.25, -0.2) is 0 Å². The van der Waals surface area contributed by atoms with Crippen molar-refractivity contribution in [2.24, 2.45) is 0 Å². The third-order valence-electron chi connectivity index (χ3n) is 6.72. The maximum absolute atomic E-state index is 11.6. The van der Waals surface area contributed by atoms with E-state index in [1.807, 2.05) is 0 Å². The molecule has 1 saturated carbocycles. The van der Waals surface area contributed by atoms with Crippen LogP contribution in [-0.4, -0.2) is 73.1 Å². The van der Waals surface area contributed by atoms with E-state index in [9.17, 15) is 10.1 Å². The van der Waals surface area contributed by atoms with Crippen LogP contribution in [0.5, 0.6) is 0 Å². The van der Waals surface area contributed by atoms with Gasteiger partial charge in [0.2, 0.25) is 5.91 Å². The van der Waals surface area contributed by atoms with Crippen molar-refractivity contribution in [2.75, 3.05) is 39.8 Å². The Morgan fingerprint density at radius 2 is 1.96 bits per heavy atom. The van der Waals surface area contributed by atoms with Gasteiger partial charge in [-0.1, -0.05) is 30.3 Å². The Balaban J connectivity index is 1.24. The molecule has 2 aliphatic heterocycles. The van der Waals surface area contributed by atoms with Crippen molar-refractivity contribution in [1.82, 2.24) is 20.4 Å². The third kappa shape index (κ3) is 4.07. The summed E-state index contributed by atoms with van der Waals surface area (Å²) in [5.41, 5.74) is 1.40. The molecular weight excluding hydrogens is 350 g/mol. The molecule has 28 heavy (non-hydrogen) atoms. The number of likely N-dealkylation sites (N-methyl/N-ethyl adjacent to an activating group) is 1. The van der Waals surface area contributed by atoms with Gasteiger partial charge in [0.05, 0.1) is 24.6 Å². The molecule has 1 aromatic rings. The zero-order valence-corrected chi connectivity index (χ0v) is 16.7. The van der Waals surface area contributed by atoms with Crippen LogP contribution < -0.4 is 10.6 Å². The summed E-state index contributed by atoms with van der Waals surface area (Å²) < 4.78 is 0. The van der Waals surface area contributed by atoms with Crippen LogP contribution >= 0.6 is 0 Å². The van der Waals surface area contributed by atoms with Crippen LogP contribution in [0.15, 0.2) is 30.3 Å². The van der Waals surface area contributed by atoms with Crippen LogP contribution in [-0.2, 0) is 4.79 Å². The minimum absolute atomic E-state index is 0.0471. The van der Waals surface area contributed by atoms with E-state index in [1.54, 1.807) is 7.05 Å². The summed E-state index contributed by atoms with van der Waals surface area (Å²) in [6, 6.07) is 14.4. The zero-order valence-electron chi connectivity index (χ0n) is 16.7. The molecule has 3 aliphatic rings. The van der Waals surface area contributed by atoms with E-state index >= 15 is 0 Å². The highest BCUT2D eigenvalue weighted by Gasteiger charge is 2.49. The molecule has 0 aromatic heterocycles. The Bertz CT molecular complexity index is 716. The Labute approximate surface area is 167 Å². The van der Waals surface area contributed by atoms with Crippen LogP contribution in [0.4, 0.5) is 0 Å². The summed E-state index contributed by atoms with van der Waals surface area (Å²) in [6.07, 6.45) is 4.08. The first-order valence-corrected chi connectivity index (χ1v) is 10.5. The third-order valence-corrected chi connectivity index (χ3v) is 6.72.